The Morgan fingerprint density at radius 3 is 2.40 bits per heavy atom. The summed E-state index contributed by atoms with van der Waals surface area (Å²) in [7, 11) is 1.32. The molecule has 0 bridgehead atoms. The van der Waals surface area contributed by atoms with Crippen LogP contribution in [0.3, 0.4) is 0 Å². The Morgan fingerprint density at radius 2 is 1.87 bits per heavy atom. The monoisotopic (exact) mass is 447 g/mol. The van der Waals surface area contributed by atoms with Crippen LogP contribution in [0.1, 0.15) is 50.5 Å². The number of nitrogens with one attached hydrogen (secondary N) is 1. The highest BCUT2D eigenvalue weighted by molar-refractivity contribution is 6.33. The standard InChI is InChI=1S/C20H25ClF3N3O3/c1-30-18(29)19(7-3-2-4-8-19)26-17(28)13-5-9-27(10-6-13)16-15(21)11-14(12-25-16)20(22,23)24/h11-13H,2-10H2,1H3,(H,26,28). The number of methoxy groups -OCH3 is 1. The van der Waals surface area contributed by atoms with E-state index in [1.165, 1.54) is 7.11 Å². The van der Waals surface area contributed by atoms with Crippen molar-refractivity contribution in [3.05, 3.63) is 22.8 Å². The van der Waals surface area contributed by atoms with Crippen LogP contribution in [0.25, 0.3) is 0 Å². The van der Waals surface area contributed by atoms with E-state index in [0.29, 0.717) is 38.8 Å². The molecule has 1 aromatic rings. The van der Waals surface area contributed by atoms with Gasteiger partial charge < -0.3 is 15.0 Å². The highest BCUT2D eigenvalue weighted by Gasteiger charge is 2.43. The molecule has 2 aliphatic rings. The van der Waals surface area contributed by atoms with E-state index >= 15 is 0 Å². The Hall–Kier alpha value is -2.03. The minimum Gasteiger partial charge on any atom is -0.467 e. The van der Waals surface area contributed by atoms with Crippen LogP contribution < -0.4 is 10.2 Å². The van der Waals surface area contributed by atoms with Gasteiger partial charge in [-0.25, -0.2) is 9.78 Å². The molecule has 30 heavy (non-hydrogen) atoms. The molecule has 0 unspecified atom stereocenters. The average molecular weight is 448 g/mol. The van der Waals surface area contributed by atoms with Crippen LogP contribution in [0.4, 0.5) is 19.0 Å². The molecule has 1 aliphatic carbocycles. The topological polar surface area (TPSA) is 71.5 Å². The molecule has 0 radical (unpaired) electrons. The SMILES string of the molecule is COC(=O)C1(NC(=O)C2CCN(c3ncc(C(F)(F)F)cc3Cl)CC2)CCCCC1. The van der Waals surface area contributed by atoms with Gasteiger partial charge in [0.1, 0.15) is 11.4 Å². The summed E-state index contributed by atoms with van der Waals surface area (Å²) in [6.45, 7) is 0.864. The van der Waals surface area contributed by atoms with Crippen LogP contribution in [0.5, 0.6) is 0 Å². The first kappa shape index (κ1) is 22.7. The van der Waals surface area contributed by atoms with Crippen LogP contribution in [0, 0.1) is 5.92 Å². The third kappa shape index (κ3) is 4.82. The molecule has 2 fully saturated rings. The van der Waals surface area contributed by atoms with E-state index in [1.54, 1.807) is 4.90 Å². The summed E-state index contributed by atoms with van der Waals surface area (Å²) in [5.74, 6) is -0.609. The number of ether oxygens (including phenoxy) is 1. The van der Waals surface area contributed by atoms with Crippen LogP contribution in [0.15, 0.2) is 12.3 Å². The number of anilines is 1. The largest absolute Gasteiger partial charge is 0.467 e. The maximum atomic E-state index is 12.9. The minimum absolute atomic E-state index is 0.0698. The van der Waals surface area contributed by atoms with E-state index in [1.807, 2.05) is 0 Å². The average Bonchev–Trinajstić information content (AvgIpc) is 2.73. The Balaban J connectivity index is 1.62. The molecular formula is C20H25ClF3N3O3. The van der Waals surface area contributed by atoms with Crippen molar-refractivity contribution in [1.29, 1.82) is 0 Å². The van der Waals surface area contributed by atoms with E-state index < -0.39 is 23.2 Å². The van der Waals surface area contributed by atoms with Crippen molar-refractivity contribution in [2.24, 2.45) is 5.92 Å². The number of hydrogen-bond acceptors (Lipinski definition) is 5. The number of nitrogens with zero attached hydrogens (tertiary/aromatic N) is 2. The minimum atomic E-state index is -4.50. The number of aromatic nitrogens is 1. The normalized spacial score (nSPS) is 20.0. The number of carbonyl (C=O) groups excluding carboxylic acids is 2. The Bertz CT molecular complexity index is 789. The van der Waals surface area contributed by atoms with Crippen molar-refractivity contribution in [2.75, 3.05) is 25.1 Å². The van der Waals surface area contributed by atoms with Crippen molar-refractivity contribution in [3.8, 4) is 0 Å². The van der Waals surface area contributed by atoms with Crippen molar-refractivity contribution >= 4 is 29.3 Å². The summed E-state index contributed by atoms with van der Waals surface area (Å²) in [5.41, 5.74) is -1.86. The van der Waals surface area contributed by atoms with Gasteiger partial charge in [0.2, 0.25) is 5.91 Å². The Kier molecular flexibility index (Phi) is 6.79. The van der Waals surface area contributed by atoms with Crippen molar-refractivity contribution in [3.63, 3.8) is 0 Å². The second kappa shape index (κ2) is 8.99. The fourth-order valence-electron chi connectivity index (χ4n) is 4.24. The van der Waals surface area contributed by atoms with Gasteiger partial charge in [-0.05, 0) is 31.7 Å². The van der Waals surface area contributed by atoms with Gasteiger partial charge in [0.25, 0.3) is 0 Å². The maximum Gasteiger partial charge on any atom is 0.417 e. The molecule has 1 saturated heterocycles. The first-order valence-electron chi connectivity index (χ1n) is 10.0. The number of amides is 1. The first-order chi connectivity index (χ1) is 14.2. The second-order valence-corrected chi connectivity index (χ2v) is 8.32. The molecule has 1 saturated carbocycles. The molecule has 0 atom stereocenters. The predicted octanol–water partition coefficient (Wildman–Crippen LogP) is 3.96. The number of piperidine rings is 1. The number of alkyl halides is 3. The number of carbonyl (C=O) groups is 2. The summed E-state index contributed by atoms with van der Waals surface area (Å²) in [5, 5.41) is 2.87. The molecule has 1 amide bonds. The van der Waals surface area contributed by atoms with Gasteiger partial charge in [-0.15, -0.1) is 0 Å². The van der Waals surface area contributed by atoms with Gasteiger partial charge in [0.15, 0.2) is 0 Å². The predicted molar refractivity (Wildman–Crippen MR) is 105 cm³/mol. The number of halogens is 4. The van der Waals surface area contributed by atoms with Crippen LogP contribution in [-0.4, -0.2) is 42.6 Å². The molecule has 6 nitrogen and oxygen atoms in total. The summed E-state index contributed by atoms with van der Waals surface area (Å²) >= 11 is 6.03. The highest BCUT2D eigenvalue weighted by atomic mass is 35.5. The van der Waals surface area contributed by atoms with Crippen LogP contribution >= 0.6 is 11.6 Å². The lowest BCUT2D eigenvalue weighted by Crippen LogP contribution is -2.58. The van der Waals surface area contributed by atoms with E-state index in [2.05, 4.69) is 10.3 Å². The van der Waals surface area contributed by atoms with Gasteiger partial charge in [0.05, 0.1) is 17.7 Å². The molecular weight excluding hydrogens is 423 g/mol. The summed E-state index contributed by atoms with van der Waals surface area (Å²) in [6.07, 6.45) is 1.10. The molecule has 3 rings (SSSR count). The smallest absolute Gasteiger partial charge is 0.417 e. The van der Waals surface area contributed by atoms with Gasteiger partial charge in [-0.1, -0.05) is 30.9 Å². The van der Waals surface area contributed by atoms with Crippen molar-refractivity contribution in [2.45, 2.75) is 56.7 Å². The lowest BCUT2D eigenvalue weighted by Gasteiger charge is -2.38. The maximum absolute atomic E-state index is 12.9. The van der Waals surface area contributed by atoms with Gasteiger partial charge in [-0.2, -0.15) is 13.2 Å². The number of rotatable bonds is 4. The number of esters is 1. The fourth-order valence-corrected chi connectivity index (χ4v) is 4.53. The molecule has 10 heteroatoms. The first-order valence-corrected chi connectivity index (χ1v) is 10.4. The van der Waals surface area contributed by atoms with Crippen molar-refractivity contribution in [1.82, 2.24) is 10.3 Å². The van der Waals surface area contributed by atoms with Gasteiger partial charge >= 0.3 is 12.1 Å². The molecule has 2 heterocycles. The second-order valence-electron chi connectivity index (χ2n) is 7.91. The zero-order chi connectivity index (χ0) is 21.9. The van der Waals surface area contributed by atoms with E-state index in [4.69, 9.17) is 16.3 Å². The Morgan fingerprint density at radius 1 is 1.23 bits per heavy atom. The van der Waals surface area contributed by atoms with Crippen LogP contribution in [-0.2, 0) is 20.5 Å². The zero-order valence-corrected chi connectivity index (χ0v) is 17.5. The zero-order valence-electron chi connectivity index (χ0n) is 16.7. The number of hydrogen-bond donors (Lipinski definition) is 1. The summed E-state index contributed by atoms with van der Waals surface area (Å²) < 4.78 is 43.3. The third-order valence-corrected chi connectivity index (χ3v) is 6.24. The van der Waals surface area contributed by atoms with Crippen LogP contribution in [0.2, 0.25) is 5.02 Å². The molecule has 166 valence electrons. The highest BCUT2D eigenvalue weighted by Crippen LogP contribution is 2.35. The van der Waals surface area contributed by atoms with Crippen molar-refractivity contribution < 1.29 is 27.5 Å². The summed E-state index contributed by atoms with van der Waals surface area (Å²) in [4.78, 5) is 30.9. The third-order valence-electron chi connectivity index (χ3n) is 5.96. The quantitative estimate of drug-likeness (QED) is 0.707. The fraction of sp³-hybridized carbons (Fsp3) is 0.650. The van der Waals surface area contributed by atoms with E-state index in [-0.39, 0.29) is 22.7 Å². The summed E-state index contributed by atoms with van der Waals surface area (Å²) in [6, 6.07) is 0.867. The lowest BCUT2D eigenvalue weighted by molar-refractivity contribution is -0.153. The molecule has 1 N–H and O–H groups in total. The molecule has 1 aromatic heterocycles. The molecule has 1 aliphatic heterocycles. The Labute approximate surface area is 178 Å². The molecule has 0 aromatic carbocycles. The van der Waals surface area contributed by atoms with E-state index in [0.717, 1.165) is 31.5 Å². The van der Waals surface area contributed by atoms with Gasteiger partial charge in [-0.3, -0.25) is 4.79 Å². The number of pyridine rings is 1. The van der Waals surface area contributed by atoms with Gasteiger partial charge in [0, 0.05) is 25.2 Å². The van der Waals surface area contributed by atoms with E-state index in [9.17, 15) is 22.8 Å². The lowest BCUT2D eigenvalue weighted by atomic mass is 9.81. The molecule has 0 spiro atoms.